The summed E-state index contributed by atoms with van der Waals surface area (Å²) in [6.45, 7) is 0. The van der Waals surface area contributed by atoms with Gasteiger partial charge in [-0.1, -0.05) is 52.5 Å². The van der Waals surface area contributed by atoms with E-state index in [4.69, 9.17) is 51.4 Å². The summed E-state index contributed by atoms with van der Waals surface area (Å²) in [5, 5.41) is 2.85. The van der Waals surface area contributed by atoms with Crippen LogP contribution in [0.4, 0.5) is 11.4 Å². The van der Waals surface area contributed by atoms with Crippen LogP contribution in [-0.4, -0.2) is 17.0 Å². The molecular formula is C16H10Cl4N2S. The summed E-state index contributed by atoms with van der Waals surface area (Å²) in [5.41, 5.74) is 3.15. The van der Waals surface area contributed by atoms with Gasteiger partial charge in [0, 0.05) is 6.42 Å². The zero-order chi connectivity index (χ0) is 16.6. The van der Waals surface area contributed by atoms with E-state index in [9.17, 15) is 0 Å². The molecule has 0 N–H and O–H groups in total. The fraction of sp³-hybridized carbons (Fsp3) is 0.125. The Morgan fingerprint density at radius 2 is 1.43 bits per heavy atom. The second-order valence-corrected chi connectivity index (χ2v) is 7.34. The molecule has 3 rings (SSSR count). The molecule has 1 aliphatic heterocycles. The molecule has 23 heavy (non-hydrogen) atoms. The SMILES string of the molecule is CSC1=Nc2cc(Cl)c(Cl)cc2N=C(c2ccc(Cl)c(Cl)c2)C1. The molecular weight excluding hydrogens is 394 g/mol. The minimum atomic E-state index is 0.449. The van der Waals surface area contributed by atoms with Gasteiger partial charge in [0.1, 0.15) is 0 Å². The van der Waals surface area contributed by atoms with Crippen LogP contribution in [0.3, 0.4) is 0 Å². The summed E-state index contributed by atoms with van der Waals surface area (Å²) in [7, 11) is 0. The molecule has 2 aromatic carbocycles. The number of halogens is 4. The first kappa shape index (κ1) is 17.1. The maximum atomic E-state index is 6.13. The first-order valence-electron chi connectivity index (χ1n) is 6.61. The fourth-order valence-electron chi connectivity index (χ4n) is 2.17. The van der Waals surface area contributed by atoms with Gasteiger partial charge in [0.2, 0.25) is 0 Å². The molecule has 0 aromatic heterocycles. The van der Waals surface area contributed by atoms with Crippen molar-refractivity contribution in [3.05, 3.63) is 56.0 Å². The van der Waals surface area contributed by atoms with Crippen LogP contribution in [0.5, 0.6) is 0 Å². The Morgan fingerprint density at radius 3 is 2.04 bits per heavy atom. The molecule has 1 aliphatic rings. The van der Waals surface area contributed by atoms with E-state index in [0.717, 1.165) is 16.3 Å². The first-order chi connectivity index (χ1) is 11.0. The minimum absolute atomic E-state index is 0.449. The van der Waals surface area contributed by atoms with Gasteiger partial charge in [-0.2, -0.15) is 0 Å². The largest absolute Gasteiger partial charge is 0.250 e. The number of hydrogen-bond acceptors (Lipinski definition) is 3. The van der Waals surface area contributed by atoms with Crippen molar-refractivity contribution in [2.45, 2.75) is 6.42 Å². The molecule has 1 heterocycles. The van der Waals surface area contributed by atoms with Crippen LogP contribution in [0.1, 0.15) is 12.0 Å². The van der Waals surface area contributed by atoms with Gasteiger partial charge in [0.25, 0.3) is 0 Å². The van der Waals surface area contributed by atoms with Crippen molar-refractivity contribution in [1.29, 1.82) is 0 Å². The number of fused-ring (bicyclic) bond motifs is 1. The summed E-state index contributed by atoms with van der Waals surface area (Å²) < 4.78 is 0. The molecule has 0 unspecified atom stereocenters. The maximum absolute atomic E-state index is 6.13. The van der Waals surface area contributed by atoms with E-state index >= 15 is 0 Å². The van der Waals surface area contributed by atoms with Crippen LogP contribution in [0.2, 0.25) is 20.1 Å². The molecule has 2 nitrogen and oxygen atoms in total. The Labute approximate surface area is 158 Å². The lowest BCUT2D eigenvalue weighted by Crippen LogP contribution is -2.05. The van der Waals surface area contributed by atoms with E-state index in [1.807, 2.05) is 18.4 Å². The number of rotatable bonds is 1. The third-order valence-corrected chi connectivity index (χ3v) is 5.49. The van der Waals surface area contributed by atoms with E-state index in [1.165, 1.54) is 0 Å². The predicted octanol–water partition coefficient (Wildman–Crippen LogP) is 7.22. The van der Waals surface area contributed by atoms with E-state index < -0.39 is 0 Å². The monoisotopic (exact) mass is 402 g/mol. The van der Waals surface area contributed by atoms with Crippen molar-refractivity contribution in [3.8, 4) is 0 Å². The summed E-state index contributed by atoms with van der Waals surface area (Å²) in [6, 6.07) is 8.93. The molecule has 0 atom stereocenters. The molecule has 118 valence electrons. The van der Waals surface area contributed by atoms with Crippen LogP contribution >= 0.6 is 58.2 Å². The maximum Gasteiger partial charge on any atom is 0.0911 e. The highest BCUT2D eigenvalue weighted by Gasteiger charge is 2.17. The molecule has 7 heteroatoms. The first-order valence-corrected chi connectivity index (χ1v) is 9.35. The van der Waals surface area contributed by atoms with Gasteiger partial charge in [0.15, 0.2) is 0 Å². The van der Waals surface area contributed by atoms with Crippen molar-refractivity contribution in [3.63, 3.8) is 0 Å². The molecule has 0 amide bonds. The van der Waals surface area contributed by atoms with E-state index in [-0.39, 0.29) is 0 Å². The highest BCUT2D eigenvalue weighted by Crippen LogP contribution is 2.39. The van der Waals surface area contributed by atoms with Gasteiger partial charge < -0.3 is 0 Å². The van der Waals surface area contributed by atoms with E-state index in [1.54, 1.807) is 30.0 Å². The zero-order valence-corrected chi connectivity index (χ0v) is 15.7. The average Bonchev–Trinajstić information content (AvgIpc) is 2.70. The Bertz CT molecular complexity index is 846. The van der Waals surface area contributed by atoms with Crippen molar-refractivity contribution in [2.24, 2.45) is 9.98 Å². The fourth-order valence-corrected chi connectivity index (χ4v) is 3.25. The highest BCUT2D eigenvalue weighted by atomic mass is 35.5. The van der Waals surface area contributed by atoms with E-state index in [2.05, 4.69) is 4.99 Å². The average molecular weight is 404 g/mol. The normalized spacial score (nSPS) is 14.0. The summed E-state index contributed by atoms with van der Waals surface area (Å²) in [4.78, 5) is 9.36. The Morgan fingerprint density at radius 1 is 0.826 bits per heavy atom. The van der Waals surface area contributed by atoms with Gasteiger partial charge in [-0.3, -0.25) is 4.99 Å². The van der Waals surface area contributed by atoms with Crippen LogP contribution in [0, 0.1) is 0 Å². The smallest absolute Gasteiger partial charge is 0.0911 e. The van der Waals surface area contributed by atoms with Crippen LogP contribution in [-0.2, 0) is 0 Å². The number of thioether (sulfide) groups is 1. The lowest BCUT2D eigenvalue weighted by molar-refractivity contribution is 1.45. The third kappa shape index (κ3) is 3.70. The van der Waals surface area contributed by atoms with Crippen molar-refractivity contribution >= 4 is 80.3 Å². The topological polar surface area (TPSA) is 24.7 Å². The number of benzene rings is 2. The molecule has 0 saturated heterocycles. The molecule has 0 saturated carbocycles. The Balaban J connectivity index is 2.17. The van der Waals surface area contributed by atoms with Crippen molar-refractivity contribution in [2.75, 3.05) is 6.26 Å². The number of hydrogen-bond donors (Lipinski definition) is 0. The number of nitrogens with zero attached hydrogens (tertiary/aromatic N) is 2. The summed E-state index contributed by atoms with van der Waals surface area (Å²) in [6.07, 6.45) is 2.58. The van der Waals surface area contributed by atoms with E-state index in [0.29, 0.717) is 37.9 Å². The van der Waals surface area contributed by atoms with Crippen molar-refractivity contribution < 1.29 is 0 Å². The predicted molar refractivity (Wildman–Crippen MR) is 104 cm³/mol. The lowest BCUT2D eigenvalue weighted by atomic mass is 10.1. The lowest BCUT2D eigenvalue weighted by Gasteiger charge is -2.07. The molecule has 2 aromatic rings. The quantitative estimate of drug-likeness (QED) is 0.493. The second-order valence-electron chi connectivity index (χ2n) is 4.83. The third-order valence-electron chi connectivity index (χ3n) is 3.33. The number of aliphatic imine (C=N–C) groups is 2. The summed E-state index contributed by atoms with van der Waals surface area (Å²) in [5.74, 6) is 0. The summed E-state index contributed by atoms with van der Waals surface area (Å²) >= 11 is 25.9. The molecule has 0 bridgehead atoms. The Hall–Kier alpha value is -0.710. The zero-order valence-electron chi connectivity index (χ0n) is 11.9. The van der Waals surface area contributed by atoms with Crippen molar-refractivity contribution in [1.82, 2.24) is 0 Å². The van der Waals surface area contributed by atoms with Gasteiger partial charge in [-0.25, -0.2) is 4.99 Å². The minimum Gasteiger partial charge on any atom is -0.250 e. The van der Waals surface area contributed by atoms with Gasteiger partial charge in [-0.05, 0) is 36.1 Å². The second kappa shape index (κ2) is 7.04. The molecule has 0 aliphatic carbocycles. The van der Waals surface area contributed by atoms with Crippen LogP contribution < -0.4 is 0 Å². The molecule has 0 fully saturated rings. The highest BCUT2D eigenvalue weighted by molar-refractivity contribution is 8.13. The van der Waals surface area contributed by atoms with Gasteiger partial charge in [0.05, 0.1) is 42.2 Å². The molecule has 0 radical (unpaired) electrons. The van der Waals surface area contributed by atoms with Crippen LogP contribution in [0.25, 0.3) is 0 Å². The standard InChI is InChI=1S/C16H10Cl4N2S/c1-23-16-7-13(8-2-3-9(17)10(18)4-8)21-14-5-11(19)12(20)6-15(14)22-16/h2-6H,7H2,1H3. The Kier molecular flexibility index (Phi) is 5.24. The molecule has 0 spiro atoms. The van der Waals surface area contributed by atoms with Gasteiger partial charge in [-0.15, -0.1) is 11.8 Å². The van der Waals surface area contributed by atoms with Gasteiger partial charge >= 0.3 is 0 Å². The van der Waals surface area contributed by atoms with Crippen LogP contribution in [0.15, 0.2) is 40.3 Å².